The normalized spacial score (nSPS) is 22.5. The second-order valence-electron chi connectivity index (χ2n) is 4.88. The first-order valence-corrected chi connectivity index (χ1v) is 7.07. The van der Waals surface area contributed by atoms with Crippen molar-refractivity contribution in [1.82, 2.24) is 10.4 Å². The molecule has 114 valence electrons. The van der Waals surface area contributed by atoms with Crippen molar-refractivity contribution in [2.75, 3.05) is 18.2 Å². The third-order valence-electron chi connectivity index (χ3n) is 3.70. The zero-order valence-corrected chi connectivity index (χ0v) is 12.3. The Morgan fingerprint density at radius 2 is 2.05 bits per heavy atom. The minimum absolute atomic E-state index is 0.0574. The zero-order chi connectivity index (χ0) is 15.4. The molecule has 4 aliphatic heterocycles. The van der Waals surface area contributed by atoms with Gasteiger partial charge in [-0.2, -0.15) is 0 Å². The molecule has 0 spiro atoms. The minimum atomic E-state index is -0.777. The van der Waals surface area contributed by atoms with E-state index in [9.17, 15) is 9.59 Å². The number of carbonyl (C=O) groups excluding carboxylic acids is 2. The number of nitrogens with one attached hydrogen (secondary N) is 1. The third-order valence-corrected chi connectivity index (χ3v) is 3.97. The van der Waals surface area contributed by atoms with Crippen LogP contribution in [0.1, 0.15) is 18.7 Å². The highest BCUT2D eigenvalue weighted by Crippen LogP contribution is 2.44. The fourth-order valence-electron chi connectivity index (χ4n) is 2.64. The second-order valence-corrected chi connectivity index (χ2v) is 5.22. The van der Waals surface area contributed by atoms with Crippen molar-refractivity contribution in [2.24, 2.45) is 4.99 Å². The van der Waals surface area contributed by atoms with Crippen LogP contribution < -0.4 is 19.8 Å². The van der Waals surface area contributed by atoms with E-state index in [1.807, 2.05) is 0 Å². The number of hydrogen-bond acceptors (Lipinski definition) is 6. The van der Waals surface area contributed by atoms with Gasteiger partial charge < -0.3 is 9.47 Å². The van der Waals surface area contributed by atoms with Gasteiger partial charge in [-0.15, -0.1) is 0 Å². The molecule has 0 radical (unpaired) electrons. The highest BCUT2D eigenvalue weighted by Gasteiger charge is 2.41. The number of hydrazine groups is 1. The number of carbonyl (C=O) groups is 2. The summed E-state index contributed by atoms with van der Waals surface area (Å²) in [4.78, 5) is 30.0. The molecule has 0 fully saturated rings. The molecule has 2 amide bonds. The van der Waals surface area contributed by atoms with Gasteiger partial charge >= 0.3 is 11.8 Å². The first kappa shape index (κ1) is 13.4. The second kappa shape index (κ2) is 4.59. The number of likely N-dealkylation sites (N-methyl/N-ethyl adjacent to an activating group) is 1. The number of benzene rings is 1. The maximum Gasteiger partial charge on any atom is 0.327 e. The highest BCUT2D eigenvalue weighted by molar-refractivity contribution is 6.72. The van der Waals surface area contributed by atoms with E-state index in [2.05, 4.69) is 10.4 Å². The molecule has 8 nitrogen and oxygen atoms in total. The van der Waals surface area contributed by atoms with E-state index in [1.165, 1.54) is 5.01 Å². The number of anilines is 1. The summed E-state index contributed by atoms with van der Waals surface area (Å²) in [6.07, 6.45) is -0.578. The van der Waals surface area contributed by atoms with E-state index in [-0.39, 0.29) is 12.1 Å². The summed E-state index contributed by atoms with van der Waals surface area (Å²) in [5.41, 5.74) is 4.08. The average Bonchev–Trinajstić information content (AvgIpc) is 2.96. The summed E-state index contributed by atoms with van der Waals surface area (Å²) >= 11 is 6.09. The lowest BCUT2D eigenvalue weighted by Gasteiger charge is -2.37. The Labute approximate surface area is 130 Å². The standard InChI is InChI=1S/C13H11ClN4O4/c1-2-17-11(19)12(20)18-7-4-9-8(21-5-22-9)3-6(7)10(16-17)15-13(18)14/h3-4,10,16H,2,5H2,1H3. The molecule has 1 aromatic carbocycles. The van der Waals surface area contributed by atoms with Gasteiger partial charge in [0.2, 0.25) is 12.1 Å². The Morgan fingerprint density at radius 3 is 2.77 bits per heavy atom. The Morgan fingerprint density at radius 1 is 1.32 bits per heavy atom. The molecule has 0 aliphatic carbocycles. The first-order valence-electron chi connectivity index (χ1n) is 6.69. The van der Waals surface area contributed by atoms with E-state index < -0.39 is 18.0 Å². The molecular formula is C13H11ClN4O4. The lowest BCUT2D eigenvalue weighted by atomic mass is 10.1. The molecule has 5 rings (SSSR count). The number of rotatable bonds is 1. The van der Waals surface area contributed by atoms with E-state index in [1.54, 1.807) is 19.1 Å². The van der Waals surface area contributed by atoms with Gasteiger partial charge in [-0.1, -0.05) is 0 Å². The molecule has 1 N–H and O–H groups in total. The molecule has 22 heavy (non-hydrogen) atoms. The number of amides is 2. The molecule has 4 heterocycles. The van der Waals surface area contributed by atoms with Crippen LogP contribution in [0, 0.1) is 0 Å². The summed E-state index contributed by atoms with van der Waals surface area (Å²) < 4.78 is 10.7. The largest absolute Gasteiger partial charge is 0.454 e. The summed E-state index contributed by atoms with van der Waals surface area (Å²) in [7, 11) is 0. The number of amidine groups is 1. The van der Waals surface area contributed by atoms with E-state index >= 15 is 0 Å². The predicted octanol–water partition coefficient (Wildman–Crippen LogP) is 0.722. The van der Waals surface area contributed by atoms with Crippen molar-refractivity contribution in [3.05, 3.63) is 17.7 Å². The van der Waals surface area contributed by atoms with Gasteiger partial charge in [0.1, 0.15) is 6.17 Å². The molecule has 0 saturated heterocycles. The summed E-state index contributed by atoms with van der Waals surface area (Å²) in [5, 5.41) is 1.17. The van der Waals surface area contributed by atoms with Crippen molar-refractivity contribution < 1.29 is 19.1 Å². The number of hydrogen-bond donors (Lipinski definition) is 1. The van der Waals surface area contributed by atoms with Crippen molar-refractivity contribution in [1.29, 1.82) is 0 Å². The van der Waals surface area contributed by atoms with E-state index in [4.69, 9.17) is 21.1 Å². The average molecular weight is 323 g/mol. The number of aliphatic imine (C=N–C) groups is 1. The van der Waals surface area contributed by atoms with Crippen molar-refractivity contribution in [2.45, 2.75) is 13.1 Å². The van der Waals surface area contributed by atoms with Crippen LogP contribution in [0.4, 0.5) is 5.69 Å². The monoisotopic (exact) mass is 322 g/mol. The molecule has 2 bridgehead atoms. The smallest absolute Gasteiger partial charge is 0.327 e. The highest BCUT2D eigenvalue weighted by atomic mass is 35.5. The number of nitrogens with zero attached hydrogens (tertiary/aromatic N) is 3. The molecule has 1 unspecified atom stereocenters. The van der Waals surface area contributed by atoms with Gasteiger partial charge in [-0.25, -0.2) is 15.3 Å². The fourth-order valence-corrected chi connectivity index (χ4v) is 2.90. The van der Waals surface area contributed by atoms with Crippen molar-refractivity contribution >= 4 is 34.4 Å². The third kappa shape index (κ3) is 1.71. The Kier molecular flexibility index (Phi) is 2.78. The topological polar surface area (TPSA) is 83.5 Å². The SMILES string of the molecule is CCN1NC2N=C(Cl)N(C(=O)C1=O)c1cc3c(cc12)OCO3. The van der Waals surface area contributed by atoms with Crippen LogP contribution in [0.3, 0.4) is 0 Å². The summed E-state index contributed by atoms with van der Waals surface area (Å²) in [5.74, 6) is -0.395. The lowest BCUT2D eigenvalue weighted by Crippen LogP contribution is -2.57. The Bertz CT molecular complexity index is 735. The van der Waals surface area contributed by atoms with Crippen LogP contribution >= 0.6 is 11.6 Å². The molecule has 9 heteroatoms. The van der Waals surface area contributed by atoms with Crippen LogP contribution in [0.5, 0.6) is 11.5 Å². The summed E-state index contributed by atoms with van der Waals surface area (Å²) in [6.45, 7) is 2.19. The van der Waals surface area contributed by atoms with Crippen LogP contribution in [-0.2, 0) is 9.59 Å². The predicted molar refractivity (Wildman–Crippen MR) is 76.6 cm³/mol. The van der Waals surface area contributed by atoms with Crippen LogP contribution in [0.2, 0.25) is 0 Å². The number of fused-ring (bicyclic) bond motifs is 4. The molecule has 0 saturated carbocycles. The molecule has 0 aromatic heterocycles. The molecule has 1 aromatic rings. The minimum Gasteiger partial charge on any atom is -0.454 e. The maximum atomic E-state index is 12.5. The first-order chi connectivity index (χ1) is 10.6. The van der Waals surface area contributed by atoms with Gasteiger partial charge in [0.15, 0.2) is 11.5 Å². The van der Waals surface area contributed by atoms with E-state index in [0.717, 1.165) is 4.90 Å². The van der Waals surface area contributed by atoms with Gasteiger partial charge in [-0.3, -0.25) is 14.6 Å². The van der Waals surface area contributed by atoms with Gasteiger partial charge in [0, 0.05) is 18.2 Å². The Balaban J connectivity index is 1.93. The lowest BCUT2D eigenvalue weighted by molar-refractivity contribution is -0.147. The summed E-state index contributed by atoms with van der Waals surface area (Å²) in [6, 6.07) is 3.38. The Hall–Kier alpha value is -2.32. The van der Waals surface area contributed by atoms with Crippen LogP contribution in [-0.4, -0.2) is 35.5 Å². The van der Waals surface area contributed by atoms with Crippen molar-refractivity contribution in [3.63, 3.8) is 0 Å². The molecular weight excluding hydrogens is 312 g/mol. The zero-order valence-electron chi connectivity index (χ0n) is 11.5. The number of ether oxygens (including phenoxy) is 2. The van der Waals surface area contributed by atoms with Gasteiger partial charge in [-0.05, 0) is 24.6 Å². The van der Waals surface area contributed by atoms with E-state index in [0.29, 0.717) is 29.3 Å². The molecule has 1 atom stereocenters. The van der Waals surface area contributed by atoms with Crippen LogP contribution in [0.25, 0.3) is 0 Å². The number of halogens is 1. The molecule has 4 aliphatic rings. The van der Waals surface area contributed by atoms with Gasteiger partial charge in [0.25, 0.3) is 0 Å². The van der Waals surface area contributed by atoms with Crippen LogP contribution in [0.15, 0.2) is 17.1 Å². The maximum absolute atomic E-state index is 12.5. The van der Waals surface area contributed by atoms with Gasteiger partial charge in [0.05, 0.1) is 5.69 Å². The quantitative estimate of drug-likeness (QED) is 0.608. The van der Waals surface area contributed by atoms with Crippen molar-refractivity contribution in [3.8, 4) is 11.5 Å². The fraction of sp³-hybridized carbons (Fsp3) is 0.308.